The van der Waals surface area contributed by atoms with E-state index in [2.05, 4.69) is 6.07 Å². The molecule has 0 radical (unpaired) electrons. The Hall–Kier alpha value is -0.930. The minimum absolute atomic E-state index is 0.0329. The second-order valence-electron chi connectivity index (χ2n) is 6.54. The average molecular weight is 276 g/mol. The third-order valence-corrected chi connectivity index (χ3v) is 5.41. The first-order chi connectivity index (χ1) is 9.73. The molecule has 0 bridgehead atoms. The summed E-state index contributed by atoms with van der Waals surface area (Å²) in [5, 5.41) is 0. The van der Waals surface area contributed by atoms with Crippen LogP contribution in [0.4, 0.5) is 4.39 Å². The van der Waals surface area contributed by atoms with Gasteiger partial charge in [-0.3, -0.25) is 0 Å². The van der Waals surface area contributed by atoms with E-state index in [1.54, 1.807) is 6.07 Å². The van der Waals surface area contributed by atoms with Crippen LogP contribution in [0.15, 0.2) is 18.2 Å². The highest BCUT2D eigenvalue weighted by atomic mass is 19.1. The third kappa shape index (κ3) is 1.83. The van der Waals surface area contributed by atoms with Gasteiger partial charge in [-0.15, -0.1) is 0 Å². The number of hydrogen-bond donors (Lipinski definition) is 0. The van der Waals surface area contributed by atoms with Crippen molar-refractivity contribution < 1.29 is 13.9 Å². The second-order valence-corrected chi connectivity index (χ2v) is 6.54. The summed E-state index contributed by atoms with van der Waals surface area (Å²) in [6, 6.07) is 5.59. The second kappa shape index (κ2) is 4.54. The molecule has 1 aromatic rings. The van der Waals surface area contributed by atoms with E-state index in [-0.39, 0.29) is 17.0 Å². The normalized spacial score (nSPS) is 31.6. The van der Waals surface area contributed by atoms with Crippen molar-refractivity contribution in [3.63, 3.8) is 0 Å². The Morgan fingerprint density at radius 3 is 2.65 bits per heavy atom. The van der Waals surface area contributed by atoms with Gasteiger partial charge in [0.05, 0.1) is 13.2 Å². The largest absolute Gasteiger partial charge is 0.348 e. The van der Waals surface area contributed by atoms with Crippen LogP contribution in [-0.4, -0.2) is 19.0 Å². The highest BCUT2D eigenvalue weighted by molar-refractivity contribution is 5.38. The Kier molecular flexibility index (Phi) is 2.90. The Morgan fingerprint density at radius 2 is 1.80 bits per heavy atom. The maximum Gasteiger partial charge on any atom is 0.169 e. The summed E-state index contributed by atoms with van der Waals surface area (Å²) >= 11 is 0. The number of fused-ring (bicyclic) bond motifs is 2. The number of hydrogen-bond acceptors (Lipinski definition) is 2. The Bertz CT molecular complexity index is 522. The minimum Gasteiger partial charge on any atom is -0.348 e. The quantitative estimate of drug-likeness (QED) is 0.719. The first-order valence-electron chi connectivity index (χ1n) is 7.79. The van der Waals surface area contributed by atoms with E-state index < -0.39 is 0 Å². The predicted octanol–water partition coefficient (Wildman–Crippen LogP) is 3.72. The van der Waals surface area contributed by atoms with Crippen molar-refractivity contribution in [3.05, 3.63) is 35.1 Å². The van der Waals surface area contributed by atoms with Gasteiger partial charge in [-0.2, -0.15) is 0 Å². The molecule has 1 saturated heterocycles. The SMILES string of the molecule is Fc1cccc2c1CCCC21CCCC2(C1)OCCO2. The molecule has 0 amide bonds. The van der Waals surface area contributed by atoms with Gasteiger partial charge < -0.3 is 9.47 Å². The molecule has 1 aliphatic heterocycles. The minimum atomic E-state index is -0.390. The molecular weight excluding hydrogens is 255 g/mol. The fourth-order valence-corrected chi connectivity index (χ4v) is 4.62. The molecule has 1 atom stereocenters. The van der Waals surface area contributed by atoms with Crippen LogP contribution in [0.1, 0.15) is 49.7 Å². The van der Waals surface area contributed by atoms with E-state index in [4.69, 9.17) is 9.47 Å². The summed E-state index contributed by atoms with van der Waals surface area (Å²) in [6.07, 6.45) is 7.21. The van der Waals surface area contributed by atoms with Crippen molar-refractivity contribution in [2.75, 3.05) is 13.2 Å². The maximum absolute atomic E-state index is 14.1. The molecule has 2 nitrogen and oxygen atoms in total. The summed E-state index contributed by atoms with van der Waals surface area (Å²) in [7, 11) is 0. The summed E-state index contributed by atoms with van der Waals surface area (Å²) in [5.41, 5.74) is 2.23. The highest BCUT2D eigenvalue weighted by Crippen LogP contribution is 2.52. The molecule has 0 aromatic heterocycles. The molecule has 1 aromatic carbocycles. The standard InChI is InChI=1S/C17H21FO2/c18-15-6-1-5-14-13(15)4-2-7-16(14)8-3-9-17(12-16)19-10-11-20-17/h1,5-6H,2-4,7-12H2. The van der Waals surface area contributed by atoms with Crippen LogP contribution in [0, 0.1) is 5.82 Å². The van der Waals surface area contributed by atoms with Crippen LogP contribution < -0.4 is 0 Å². The van der Waals surface area contributed by atoms with Crippen LogP contribution in [0.2, 0.25) is 0 Å². The molecule has 3 heteroatoms. The number of rotatable bonds is 0. The molecule has 20 heavy (non-hydrogen) atoms. The molecule has 2 spiro atoms. The van der Waals surface area contributed by atoms with Crippen molar-refractivity contribution in [3.8, 4) is 0 Å². The zero-order valence-corrected chi connectivity index (χ0v) is 11.8. The van der Waals surface area contributed by atoms with Gasteiger partial charge in [-0.25, -0.2) is 4.39 Å². The van der Waals surface area contributed by atoms with Crippen LogP contribution in [-0.2, 0) is 21.3 Å². The summed E-state index contributed by atoms with van der Waals surface area (Å²) < 4.78 is 26.0. The molecule has 1 unspecified atom stereocenters. The Balaban J connectivity index is 1.76. The molecule has 108 valence electrons. The van der Waals surface area contributed by atoms with Gasteiger partial charge in [0.25, 0.3) is 0 Å². The summed E-state index contributed by atoms with van der Waals surface area (Å²) in [6.45, 7) is 1.40. The lowest BCUT2D eigenvalue weighted by molar-refractivity contribution is -0.192. The van der Waals surface area contributed by atoms with Crippen LogP contribution in [0.3, 0.4) is 0 Å². The summed E-state index contributed by atoms with van der Waals surface area (Å²) in [5.74, 6) is -0.423. The molecule has 3 aliphatic rings. The first kappa shape index (κ1) is 12.8. The van der Waals surface area contributed by atoms with E-state index in [0.29, 0.717) is 13.2 Å². The van der Waals surface area contributed by atoms with Gasteiger partial charge in [0.1, 0.15) is 5.82 Å². The average Bonchev–Trinajstić information content (AvgIpc) is 2.88. The molecule has 2 aliphatic carbocycles. The lowest BCUT2D eigenvalue weighted by Gasteiger charge is -2.48. The zero-order chi connectivity index (χ0) is 13.6. The summed E-state index contributed by atoms with van der Waals surface area (Å²) in [4.78, 5) is 0. The van der Waals surface area contributed by atoms with E-state index in [9.17, 15) is 4.39 Å². The Morgan fingerprint density at radius 1 is 1.00 bits per heavy atom. The first-order valence-corrected chi connectivity index (χ1v) is 7.79. The van der Waals surface area contributed by atoms with Gasteiger partial charge in [-0.1, -0.05) is 12.1 Å². The fraction of sp³-hybridized carbons (Fsp3) is 0.647. The van der Waals surface area contributed by atoms with E-state index in [1.165, 1.54) is 5.56 Å². The van der Waals surface area contributed by atoms with Crippen molar-refractivity contribution in [2.45, 2.75) is 56.1 Å². The van der Waals surface area contributed by atoms with E-state index >= 15 is 0 Å². The van der Waals surface area contributed by atoms with Gasteiger partial charge >= 0.3 is 0 Å². The van der Waals surface area contributed by atoms with E-state index in [0.717, 1.165) is 50.5 Å². The van der Waals surface area contributed by atoms with E-state index in [1.807, 2.05) is 6.07 Å². The monoisotopic (exact) mass is 276 g/mol. The molecule has 0 N–H and O–H groups in total. The number of benzene rings is 1. The van der Waals surface area contributed by atoms with Crippen LogP contribution in [0.5, 0.6) is 0 Å². The molecule has 1 saturated carbocycles. The lowest BCUT2D eigenvalue weighted by Crippen LogP contribution is -2.46. The third-order valence-electron chi connectivity index (χ3n) is 5.41. The van der Waals surface area contributed by atoms with Crippen LogP contribution in [0.25, 0.3) is 0 Å². The highest BCUT2D eigenvalue weighted by Gasteiger charge is 2.50. The van der Waals surface area contributed by atoms with Crippen molar-refractivity contribution in [2.24, 2.45) is 0 Å². The smallest absolute Gasteiger partial charge is 0.169 e. The van der Waals surface area contributed by atoms with Gasteiger partial charge in [-0.05, 0) is 49.3 Å². The van der Waals surface area contributed by atoms with Gasteiger partial charge in [0, 0.05) is 18.3 Å². The van der Waals surface area contributed by atoms with Crippen molar-refractivity contribution in [1.29, 1.82) is 0 Å². The maximum atomic E-state index is 14.1. The zero-order valence-electron chi connectivity index (χ0n) is 11.8. The molecule has 4 rings (SSSR count). The molecular formula is C17H21FO2. The molecule has 2 fully saturated rings. The van der Waals surface area contributed by atoms with Crippen molar-refractivity contribution >= 4 is 0 Å². The predicted molar refractivity (Wildman–Crippen MR) is 74.1 cm³/mol. The molecule has 1 heterocycles. The fourth-order valence-electron chi connectivity index (χ4n) is 4.62. The Labute approximate surface area is 119 Å². The van der Waals surface area contributed by atoms with Gasteiger partial charge in [0.2, 0.25) is 0 Å². The number of halogens is 1. The topological polar surface area (TPSA) is 18.5 Å². The number of ether oxygens (including phenoxy) is 2. The van der Waals surface area contributed by atoms with Gasteiger partial charge in [0.15, 0.2) is 5.79 Å². The van der Waals surface area contributed by atoms with Crippen LogP contribution >= 0.6 is 0 Å². The lowest BCUT2D eigenvalue weighted by atomic mass is 9.61. The van der Waals surface area contributed by atoms with Crippen molar-refractivity contribution in [1.82, 2.24) is 0 Å².